The molecule has 0 amide bonds. The summed E-state index contributed by atoms with van der Waals surface area (Å²) in [5, 5.41) is 13.6. The molecule has 0 aliphatic carbocycles. The molecule has 0 bridgehead atoms. The van der Waals surface area contributed by atoms with E-state index in [-0.39, 0.29) is 17.0 Å². The molecule has 1 saturated heterocycles. The minimum atomic E-state index is 0. The molecule has 0 saturated carbocycles. The van der Waals surface area contributed by atoms with E-state index in [1.54, 1.807) is 12.1 Å². The Balaban J connectivity index is 0.00000112. The highest BCUT2D eigenvalue weighted by molar-refractivity contribution is 8.93. The highest BCUT2D eigenvalue weighted by Crippen LogP contribution is 2.30. The second-order valence-electron chi connectivity index (χ2n) is 3.37. The molecule has 1 fully saturated rings. The quantitative estimate of drug-likeness (QED) is 0.832. The van der Waals surface area contributed by atoms with Crippen LogP contribution in [0, 0.1) is 0 Å². The van der Waals surface area contributed by atoms with Crippen LogP contribution in [0.3, 0.4) is 0 Å². The smallest absolute Gasteiger partial charge is 0.138 e. The first-order valence-electron chi connectivity index (χ1n) is 4.71. The Bertz CT molecular complexity index is 329. The van der Waals surface area contributed by atoms with Gasteiger partial charge in [0.15, 0.2) is 0 Å². The largest absolute Gasteiger partial charge is 0.506 e. The molecule has 2 N–H and O–H groups in total. The molecule has 0 spiro atoms. The fourth-order valence-corrected chi connectivity index (χ4v) is 1.82. The molecule has 1 heterocycles. The zero-order valence-corrected chi connectivity index (χ0v) is 10.7. The first kappa shape index (κ1) is 12.6. The Morgan fingerprint density at radius 1 is 1.27 bits per heavy atom. The number of piperazine rings is 1. The Hall–Kier alpha value is -0.450. The zero-order valence-electron chi connectivity index (χ0n) is 8.24. The fourth-order valence-electron chi connectivity index (χ4n) is 1.66. The summed E-state index contributed by atoms with van der Waals surface area (Å²) in [6, 6.07) is 5.14. The molecule has 5 heteroatoms. The minimum Gasteiger partial charge on any atom is -0.506 e. The Kier molecular flexibility index (Phi) is 4.70. The lowest BCUT2D eigenvalue weighted by molar-refractivity contribution is 0.470. The molecule has 1 aliphatic heterocycles. The third kappa shape index (κ3) is 3.00. The van der Waals surface area contributed by atoms with Gasteiger partial charge >= 0.3 is 0 Å². The first-order chi connectivity index (χ1) is 6.77. The number of benzene rings is 1. The molecule has 0 atom stereocenters. The van der Waals surface area contributed by atoms with Gasteiger partial charge in [0.2, 0.25) is 0 Å². The van der Waals surface area contributed by atoms with Crippen molar-refractivity contribution in [1.82, 2.24) is 5.32 Å². The van der Waals surface area contributed by atoms with Crippen LogP contribution < -0.4 is 10.2 Å². The number of aromatic hydroxyl groups is 1. The highest BCUT2D eigenvalue weighted by Gasteiger charge is 2.13. The summed E-state index contributed by atoms with van der Waals surface area (Å²) in [4.78, 5) is 2.14. The number of hydrogen-bond acceptors (Lipinski definition) is 3. The minimum absolute atomic E-state index is 0. The third-order valence-electron chi connectivity index (χ3n) is 2.40. The molecule has 3 nitrogen and oxygen atoms in total. The van der Waals surface area contributed by atoms with E-state index in [4.69, 9.17) is 11.6 Å². The van der Waals surface area contributed by atoms with Crippen molar-refractivity contribution >= 4 is 34.3 Å². The molecule has 0 radical (unpaired) electrons. The summed E-state index contributed by atoms with van der Waals surface area (Å²) in [5.41, 5.74) is 0.832. The topological polar surface area (TPSA) is 35.5 Å². The lowest BCUT2D eigenvalue weighted by atomic mass is 10.2. The van der Waals surface area contributed by atoms with E-state index in [1.165, 1.54) is 0 Å². The van der Waals surface area contributed by atoms with Gasteiger partial charge in [-0.25, -0.2) is 0 Å². The van der Waals surface area contributed by atoms with Crippen LogP contribution in [-0.4, -0.2) is 31.3 Å². The summed E-state index contributed by atoms with van der Waals surface area (Å²) in [6.45, 7) is 3.72. The van der Waals surface area contributed by atoms with Gasteiger partial charge in [0.25, 0.3) is 0 Å². The van der Waals surface area contributed by atoms with Crippen LogP contribution in [0.1, 0.15) is 0 Å². The Morgan fingerprint density at radius 2 is 1.93 bits per heavy atom. The molecule has 2 rings (SSSR count). The third-order valence-corrected chi connectivity index (χ3v) is 2.63. The molecule has 0 unspecified atom stereocenters. The lowest BCUT2D eigenvalue weighted by Crippen LogP contribution is -2.43. The van der Waals surface area contributed by atoms with Gasteiger partial charge in [0.1, 0.15) is 5.75 Å². The van der Waals surface area contributed by atoms with Gasteiger partial charge in [0, 0.05) is 31.2 Å². The fraction of sp³-hybridized carbons (Fsp3) is 0.400. The van der Waals surface area contributed by atoms with Crippen LogP contribution in [0.2, 0.25) is 5.02 Å². The molecule has 15 heavy (non-hydrogen) atoms. The van der Waals surface area contributed by atoms with Crippen LogP contribution in [-0.2, 0) is 0 Å². The van der Waals surface area contributed by atoms with Crippen molar-refractivity contribution in [2.45, 2.75) is 0 Å². The SMILES string of the molecule is Br.Oc1ccc(Cl)cc1N1CCNCC1. The van der Waals surface area contributed by atoms with Gasteiger partial charge in [-0.15, -0.1) is 17.0 Å². The maximum atomic E-state index is 9.67. The van der Waals surface area contributed by atoms with Crippen molar-refractivity contribution in [2.24, 2.45) is 0 Å². The predicted octanol–water partition coefficient (Wildman–Crippen LogP) is 2.03. The maximum absolute atomic E-state index is 9.67. The monoisotopic (exact) mass is 292 g/mol. The number of phenols is 1. The van der Waals surface area contributed by atoms with Crippen molar-refractivity contribution < 1.29 is 5.11 Å². The highest BCUT2D eigenvalue weighted by atomic mass is 79.9. The molecule has 1 aromatic rings. The van der Waals surface area contributed by atoms with E-state index in [0.717, 1.165) is 31.9 Å². The summed E-state index contributed by atoms with van der Waals surface area (Å²) in [7, 11) is 0. The predicted molar refractivity (Wildman–Crippen MR) is 68.5 cm³/mol. The normalized spacial score (nSPS) is 15.9. The van der Waals surface area contributed by atoms with E-state index in [2.05, 4.69) is 10.2 Å². The van der Waals surface area contributed by atoms with E-state index < -0.39 is 0 Å². The summed E-state index contributed by atoms with van der Waals surface area (Å²) in [5.74, 6) is 0.302. The molecule has 1 aromatic carbocycles. The van der Waals surface area contributed by atoms with E-state index in [1.807, 2.05) is 6.07 Å². The van der Waals surface area contributed by atoms with Crippen molar-refractivity contribution in [2.75, 3.05) is 31.1 Å². The number of phenolic OH excluding ortho intramolecular Hbond substituents is 1. The molecule has 1 aliphatic rings. The average molecular weight is 294 g/mol. The number of halogens is 2. The Morgan fingerprint density at radius 3 is 2.60 bits per heavy atom. The van der Waals surface area contributed by atoms with Crippen LogP contribution in [0.25, 0.3) is 0 Å². The lowest BCUT2D eigenvalue weighted by Gasteiger charge is -2.29. The second-order valence-corrected chi connectivity index (χ2v) is 3.81. The van der Waals surface area contributed by atoms with Crippen molar-refractivity contribution in [3.8, 4) is 5.75 Å². The van der Waals surface area contributed by atoms with E-state index in [0.29, 0.717) is 10.8 Å². The average Bonchev–Trinajstić information content (AvgIpc) is 2.23. The first-order valence-corrected chi connectivity index (χ1v) is 5.09. The van der Waals surface area contributed by atoms with Crippen molar-refractivity contribution in [1.29, 1.82) is 0 Å². The van der Waals surface area contributed by atoms with Crippen molar-refractivity contribution in [3.05, 3.63) is 23.2 Å². The van der Waals surface area contributed by atoms with Gasteiger partial charge < -0.3 is 15.3 Å². The van der Waals surface area contributed by atoms with Crippen molar-refractivity contribution in [3.63, 3.8) is 0 Å². The van der Waals surface area contributed by atoms with Gasteiger partial charge in [-0.1, -0.05) is 11.6 Å². The number of anilines is 1. The second kappa shape index (κ2) is 5.58. The van der Waals surface area contributed by atoms with E-state index in [9.17, 15) is 5.11 Å². The van der Waals surface area contributed by atoms with Crippen LogP contribution in [0.4, 0.5) is 5.69 Å². The number of nitrogens with one attached hydrogen (secondary N) is 1. The standard InChI is InChI=1S/C10H13ClN2O.BrH/c11-8-1-2-10(14)9(7-8)13-5-3-12-4-6-13;/h1-2,7,12,14H,3-6H2;1H. The molecule has 0 aromatic heterocycles. The molecule has 84 valence electrons. The maximum Gasteiger partial charge on any atom is 0.138 e. The van der Waals surface area contributed by atoms with Gasteiger partial charge in [-0.3, -0.25) is 0 Å². The molecular formula is C10H14BrClN2O. The zero-order chi connectivity index (χ0) is 9.97. The van der Waals surface area contributed by atoms with Crippen LogP contribution in [0.15, 0.2) is 18.2 Å². The number of rotatable bonds is 1. The van der Waals surface area contributed by atoms with E-state index >= 15 is 0 Å². The molecular weight excluding hydrogens is 279 g/mol. The van der Waals surface area contributed by atoms with Crippen LogP contribution >= 0.6 is 28.6 Å². The van der Waals surface area contributed by atoms with Gasteiger partial charge in [-0.2, -0.15) is 0 Å². The van der Waals surface area contributed by atoms with Gasteiger partial charge in [-0.05, 0) is 18.2 Å². The van der Waals surface area contributed by atoms with Gasteiger partial charge in [0.05, 0.1) is 5.69 Å². The summed E-state index contributed by atoms with van der Waals surface area (Å²) >= 11 is 5.88. The summed E-state index contributed by atoms with van der Waals surface area (Å²) in [6.07, 6.45) is 0. The Labute approximate surface area is 105 Å². The summed E-state index contributed by atoms with van der Waals surface area (Å²) < 4.78 is 0. The van der Waals surface area contributed by atoms with Crippen LogP contribution in [0.5, 0.6) is 5.75 Å². The number of hydrogen-bond donors (Lipinski definition) is 2. The number of nitrogens with zero attached hydrogens (tertiary/aromatic N) is 1.